The van der Waals surface area contributed by atoms with Crippen LogP contribution in [0.2, 0.25) is 0 Å². The van der Waals surface area contributed by atoms with Gasteiger partial charge in [0.1, 0.15) is 0 Å². The van der Waals surface area contributed by atoms with Crippen LogP contribution in [-0.4, -0.2) is 39.5 Å². The zero-order valence-corrected chi connectivity index (χ0v) is 17.2. The van der Waals surface area contributed by atoms with Gasteiger partial charge in [-0.05, 0) is 0 Å². The fraction of sp³-hybridized carbons (Fsp3) is 0.182. The van der Waals surface area contributed by atoms with Crippen LogP contribution in [0.25, 0.3) is 0 Å². The molecule has 4 nitrogen and oxygen atoms in total. The molecule has 5 heteroatoms. The van der Waals surface area contributed by atoms with E-state index in [1.54, 1.807) is 25.4 Å². The van der Waals surface area contributed by atoms with Gasteiger partial charge in [0.2, 0.25) is 0 Å². The van der Waals surface area contributed by atoms with Gasteiger partial charge in [-0.2, -0.15) is 0 Å². The molecule has 27 heavy (non-hydrogen) atoms. The third-order valence-electron chi connectivity index (χ3n) is 4.21. The molecule has 3 rings (SSSR count). The summed E-state index contributed by atoms with van der Waals surface area (Å²) in [6.45, 7) is 2.70. The molecule has 1 amide bonds. The first-order valence-electron chi connectivity index (χ1n) is 8.77. The van der Waals surface area contributed by atoms with Gasteiger partial charge >= 0.3 is 166 Å². The summed E-state index contributed by atoms with van der Waals surface area (Å²) in [5, 5.41) is 2.97. The van der Waals surface area contributed by atoms with Gasteiger partial charge < -0.3 is 0 Å². The maximum atomic E-state index is 12.2. The summed E-state index contributed by atoms with van der Waals surface area (Å²) in [5.74, 6) is 0.786. The number of carbonyl (C=O) groups excluding carboxylic acids is 1. The molecule has 1 N–H and O–H groups in total. The molecule has 0 fully saturated rings. The number of benzene rings is 2. The minimum absolute atomic E-state index is 0.138. The Balaban J connectivity index is 1.71. The van der Waals surface area contributed by atoms with Gasteiger partial charge in [-0.25, -0.2) is 0 Å². The van der Waals surface area contributed by atoms with Crippen molar-refractivity contribution in [3.05, 3.63) is 83.7 Å². The molecule has 0 aliphatic rings. The molecule has 3 aromatic rings. The number of para-hydroxylation sites is 1. The molecular weight excluding hydrogens is 403 g/mol. The number of hydrogen-bond donors (Lipinski definition) is 1. The quantitative estimate of drug-likeness (QED) is 0.590. The monoisotopic (exact) mass is 426 g/mol. The fourth-order valence-corrected chi connectivity index (χ4v) is 5.25. The number of aromatic nitrogens is 1. The second-order valence-corrected chi connectivity index (χ2v) is 8.30. The zero-order chi connectivity index (χ0) is 19.1. The Morgan fingerprint density at radius 3 is 2.59 bits per heavy atom. The molecule has 1 heterocycles. The summed E-state index contributed by atoms with van der Waals surface area (Å²) in [7, 11) is 1.71. The van der Waals surface area contributed by atoms with Crippen molar-refractivity contribution in [3.8, 4) is 5.75 Å². The van der Waals surface area contributed by atoms with Crippen molar-refractivity contribution in [2.24, 2.45) is 0 Å². The van der Waals surface area contributed by atoms with E-state index in [2.05, 4.69) is 41.5 Å². The second kappa shape index (κ2) is 9.35. The first kappa shape index (κ1) is 19.1. The van der Waals surface area contributed by atoms with Gasteiger partial charge in [0.15, 0.2) is 0 Å². The molecule has 0 bridgehead atoms. The number of rotatable bonds is 7. The molecular formula is C22H22N2O2Se. The number of nitrogens with zero attached hydrogens (tertiary/aromatic N) is 1. The van der Waals surface area contributed by atoms with E-state index in [-0.39, 0.29) is 20.9 Å². The van der Waals surface area contributed by atoms with Crippen molar-refractivity contribution in [1.82, 2.24) is 10.3 Å². The van der Waals surface area contributed by atoms with E-state index in [0.29, 0.717) is 12.2 Å². The first-order valence-corrected chi connectivity index (χ1v) is 10.5. The van der Waals surface area contributed by atoms with Crippen LogP contribution >= 0.6 is 0 Å². The number of hydrogen-bond acceptors (Lipinski definition) is 3. The van der Waals surface area contributed by atoms with Crippen LogP contribution in [0, 0.1) is 6.92 Å². The third kappa shape index (κ3) is 4.97. The summed E-state index contributed by atoms with van der Waals surface area (Å²) in [6, 6.07) is 19.9. The Kier molecular flexibility index (Phi) is 6.63. The van der Waals surface area contributed by atoms with Gasteiger partial charge in [0, 0.05) is 0 Å². The first-order chi connectivity index (χ1) is 13.2. The molecule has 0 aliphatic heterocycles. The Hall–Kier alpha value is -2.62. The molecule has 0 aliphatic carbocycles. The summed E-state index contributed by atoms with van der Waals surface area (Å²) in [6.07, 6.45) is 2.42. The van der Waals surface area contributed by atoms with Gasteiger partial charge in [0.05, 0.1) is 0 Å². The predicted octanol–water partition coefficient (Wildman–Crippen LogP) is 2.03. The topological polar surface area (TPSA) is 51.2 Å². The molecule has 0 spiro atoms. The second-order valence-electron chi connectivity index (χ2n) is 6.03. The van der Waals surface area contributed by atoms with Gasteiger partial charge in [0.25, 0.3) is 0 Å². The Bertz CT molecular complexity index is 913. The summed E-state index contributed by atoms with van der Waals surface area (Å²) in [5.41, 5.74) is 2.99. The van der Waals surface area contributed by atoms with Crippen molar-refractivity contribution in [2.45, 2.75) is 13.3 Å². The van der Waals surface area contributed by atoms with Crippen molar-refractivity contribution >= 4 is 29.8 Å². The number of aryl methyl sites for hydroxylation is 1. The molecule has 1 aromatic heterocycles. The number of ether oxygens (including phenoxy) is 1. The summed E-state index contributed by atoms with van der Waals surface area (Å²) >= 11 is 0.138. The number of pyridine rings is 1. The van der Waals surface area contributed by atoms with E-state index in [0.717, 1.165) is 12.2 Å². The van der Waals surface area contributed by atoms with Crippen LogP contribution in [0.1, 0.15) is 21.6 Å². The minimum atomic E-state index is -0.138. The Morgan fingerprint density at radius 2 is 1.81 bits per heavy atom. The van der Waals surface area contributed by atoms with Crippen LogP contribution in [0.5, 0.6) is 5.75 Å². The maximum absolute atomic E-state index is 12.2. The molecule has 0 saturated heterocycles. The van der Waals surface area contributed by atoms with E-state index in [1.807, 2.05) is 24.3 Å². The van der Waals surface area contributed by atoms with Crippen LogP contribution in [0.4, 0.5) is 0 Å². The number of amides is 1. The van der Waals surface area contributed by atoms with Crippen molar-refractivity contribution in [1.29, 1.82) is 0 Å². The molecule has 0 radical (unpaired) electrons. The SMILES string of the molecule is COc1ccccc1[Se]c1cccc(C)c1CCNC(=O)c1ccccn1. The van der Waals surface area contributed by atoms with Gasteiger partial charge in [-0.3, -0.25) is 0 Å². The molecule has 138 valence electrons. The van der Waals surface area contributed by atoms with E-state index >= 15 is 0 Å². The molecule has 0 unspecified atom stereocenters. The standard InChI is InChI=1S/C22H22N2O2Se/c1-16-8-7-12-20(27-21-11-4-3-10-19(21)26-2)17(16)13-15-24-22(25)18-9-5-6-14-23-18/h3-12,14H,13,15H2,1-2H3,(H,24,25). The average molecular weight is 425 g/mol. The molecule has 0 saturated carbocycles. The zero-order valence-electron chi connectivity index (χ0n) is 15.4. The van der Waals surface area contributed by atoms with Crippen LogP contribution in [0.15, 0.2) is 66.9 Å². The fourth-order valence-electron chi connectivity index (χ4n) is 2.80. The molecule has 2 aromatic carbocycles. The third-order valence-corrected chi connectivity index (χ3v) is 6.65. The van der Waals surface area contributed by atoms with Crippen LogP contribution < -0.4 is 19.0 Å². The molecule has 0 atom stereocenters. The van der Waals surface area contributed by atoms with Crippen molar-refractivity contribution in [3.63, 3.8) is 0 Å². The van der Waals surface area contributed by atoms with E-state index < -0.39 is 0 Å². The van der Waals surface area contributed by atoms with E-state index in [4.69, 9.17) is 4.74 Å². The average Bonchev–Trinajstić information content (AvgIpc) is 2.71. The van der Waals surface area contributed by atoms with Gasteiger partial charge in [-0.1, -0.05) is 0 Å². The Labute approximate surface area is 166 Å². The van der Waals surface area contributed by atoms with E-state index in [9.17, 15) is 4.79 Å². The predicted molar refractivity (Wildman–Crippen MR) is 109 cm³/mol. The Morgan fingerprint density at radius 1 is 1.04 bits per heavy atom. The summed E-state index contributed by atoms with van der Waals surface area (Å²) in [4.78, 5) is 16.3. The van der Waals surface area contributed by atoms with Crippen molar-refractivity contribution < 1.29 is 9.53 Å². The number of methoxy groups -OCH3 is 1. The number of carbonyl (C=O) groups is 1. The number of nitrogens with one attached hydrogen (secondary N) is 1. The van der Waals surface area contributed by atoms with Crippen molar-refractivity contribution in [2.75, 3.05) is 13.7 Å². The normalized spacial score (nSPS) is 10.4. The van der Waals surface area contributed by atoms with Crippen LogP contribution in [-0.2, 0) is 6.42 Å². The summed E-state index contributed by atoms with van der Waals surface area (Å²) < 4.78 is 8.04. The van der Waals surface area contributed by atoms with Gasteiger partial charge in [-0.15, -0.1) is 0 Å². The van der Waals surface area contributed by atoms with Crippen LogP contribution in [0.3, 0.4) is 0 Å². The van der Waals surface area contributed by atoms with E-state index in [1.165, 1.54) is 20.1 Å².